The van der Waals surface area contributed by atoms with Gasteiger partial charge < -0.3 is 9.30 Å². The van der Waals surface area contributed by atoms with E-state index in [0.717, 1.165) is 12.8 Å². The van der Waals surface area contributed by atoms with Crippen molar-refractivity contribution < 1.29 is 17.9 Å². The number of ether oxygens (including phenoxy) is 1. The maximum absolute atomic E-state index is 12.2. The summed E-state index contributed by atoms with van der Waals surface area (Å²) < 4.78 is 29.7. The highest BCUT2D eigenvalue weighted by atomic mass is 32.2. The number of esters is 1. The number of aromatic nitrogens is 1. The van der Waals surface area contributed by atoms with E-state index in [1.54, 1.807) is 4.57 Å². The fourth-order valence-corrected chi connectivity index (χ4v) is 2.74. The Morgan fingerprint density at radius 2 is 2.00 bits per heavy atom. The third-order valence-corrected chi connectivity index (χ3v) is 3.87. The molecule has 0 fully saturated rings. The zero-order valence-electron chi connectivity index (χ0n) is 13.0. The molecule has 0 bridgehead atoms. The van der Waals surface area contributed by atoms with Gasteiger partial charge in [0.25, 0.3) is 0 Å². The van der Waals surface area contributed by atoms with Gasteiger partial charge in [-0.25, -0.2) is 18.4 Å². The van der Waals surface area contributed by atoms with Crippen LogP contribution in [0.4, 0.5) is 0 Å². The number of primary sulfonamides is 1. The zero-order chi connectivity index (χ0) is 16.2. The summed E-state index contributed by atoms with van der Waals surface area (Å²) in [6, 6.07) is 1.27. The van der Waals surface area contributed by atoms with Crippen LogP contribution in [0.5, 0.6) is 0 Å². The number of nitrogens with zero attached hydrogens (tertiary/aromatic N) is 1. The van der Waals surface area contributed by atoms with E-state index in [9.17, 15) is 13.2 Å². The van der Waals surface area contributed by atoms with Gasteiger partial charge in [0, 0.05) is 12.7 Å². The van der Waals surface area contributed by atoms with Crippen molar-refractivity contribution in [2.75, 3.05) is 0 Å². The molecule has 1 atom stereocenters. The van der Waals surface area contributed by atoms with E-state index in [4.69, 9.17) is 9.88 Å². The smallest absolute Gasteiger partial charge is 0.355 e. The molecule has 1 aromatic heterocycles. The normalized spacial score (nSPS) is 13.4. The summed E-state index contributed by atoms with van der Waals surface area (Å²) in [7, 11) is -3.83. The lowest BCUT2D eigenvalue weighted by Crippen LogP contribution is -2.19. The number of carbonyl (C=O) groups is 1. The minimum absolute atomic E-state index is 0.0700. The summed E-state index contributed by atoms with van der Waals surface area (Å²) >= 11 is 0. The second-order valence-corrected chi connectivity index (χ2v) is 7.21. The lowest BCUT2D eigenvalue weighted by molar-refractivity contribution is 0.0287. The monoisotopic (exact) mass is 316 g/mol. The standard InChI is InChI=1S/C14H24N2O4S/c1-5-6-16-9-12(21(15,18)19)8-13(16)14(17)20-11(4)7-10(2)3/h8-11H,5-7H2,1-4H3,(H2,15,18,19). The van der Waals surface area contributed by atoms with Gasteiger partial charge in [-0.15, -0.1) is 0 Å². The number of nitrogens with two attached hydrogens (primary N) is 1. The topological polar surface area (TPSA) is 91.4 Å². The Morgan fingerprint density at radius 3 is 2.48 bits per heavy atom. The highest BCUT2D eigenvalue weighted by Crippen LogP contribution is 2.17. The average Bonchev–Trinajstić information content (AvgIpc) is 2.71. The molecule has 0 radical (unpaired) electrons. The average molecular weight is 316 g/mol. The molecule has 0 aliphatic rings. The van der Waals surface area contributed by atoms with Crippen LogP contribution >= 0.6 is 0 Å². The summed E-state index contributed by atoms with van der Waals surface area (Å²) in [5, 5.41) is 5.11. The quantitative estimate of drug-likeness (QED) is 0.780. The van der Waals surface area contributed by atoms with Crippen molar-refractivity contribution in [3.63, 3.8) is 0 Å². The van der Waals surface area contributed by atoms with E-state index in [2.05, 4.69) is 0 Å². The lowest BCUT2D eigenvalue weighted by atomic mass is 10.1. The van der Waals surface area contributed by atoms with Gasteiger partial charge in [-0.05, 0) is 31.7 Å². The van der Waals surface area contributed by atoms with E-state index in [1.807, 2.05) is 27.7 Å². The predicted molar refractivity (Wildman–Crippen MR) is 80.4 cm³/mol. The van der Waals surface area contributed by atoms with Crippen LogP contribution in [0, 0.1) is 5.92 Å². The second kappa shape index (κ2) is 7.09. The summed E-state index contributed by atoms with van der Waals surface area (Å²) in [5.74, 6) is -0.110. The van der Waals surface area contributed by atoms with Crippen LogP contribution < -0.4 is 5.14 Å². The Balaban J connectivity index is 2.99. The maximum atomic E-state index is 12.2. The molecular weight excluding hydrogens is 292 g/mol. The Labute approximate surface area is 126 Å². The number of aryl methyl sites for hydroxylation is 1. The highest BCUT2D eigenvalue weighted by molar-refractivity contribution is 7.89. The minimum Gasteiger partial charge on any atom is -0.458 e. The summed E-state index contributed by atoms with van der Waals surface area (Å²) in [6.07, 6.45) is 2.67. The van der Waals surface area contributed by atoms with E-state index in [-0.39, 0.29) is 16.7 Å². The fraction of sp³-hybridized carbons (Fsp3) is 0.643. The van der Waals surface area contributed by atoms with Crippen molar-refractivity contribution in [1.29, 1.82) is 0 Å². The van der Waals surface area contributed by atoms with Gasteiger partial charge in [0.15, 0.2) is 0 Å². The molecule has 0 aliphatic heterocycles. The SMILES string of the molecule is CCCn1cc(S(N)(=O)=O)cc1C(=O)OC(C)CC(C)C. The van der Waals surface area contributed by atoms with Gasteiger partial charge in [0.2, 0.25) is 10.0 Å². The summed E-state index contributed by atoms with van der Waals surface area (Å²) in [6.45, 7) is 8.38. The molecule has 7 heteroatoms. The Kier molecular flexibility index (Phi) is 5.98. The van der Waals surface area contributed by atoms with E-state index in [1.165, 1.54) is 12.3 Å². The third-order valence-electron chi connectivity index (χ3n) is 2.99. The van der Waals surface area contributed by atoms with E-state index in [0.29, 0.717) is 12.5 Å². The minimum atomic E-state index is -3.83. The molecule has 0 aliphatic carbocycles. The van der Waals surface area contributed by atoms with Crippen molar-refractivity contribution in [1.82, 2.24) is 4.57 Å². The predicted octanol–water partition coefficient (Wildman–Crippen LogP) is 2.14. The van der Waals surface area contributed by atoms with Crippen LogP contribution in [0.25, 0.3) is 0 Å². The summed E-state index contributed by atoms with van der Waals surface area (Å²) in [4.78, 5) is 12.1. The Hall–Kier alpha value is -1.34. The molecule has 0 saturated heterocycles. The first-order valence-electron chi connectivity index (χ1n) is 7.09. The molecule has 21 heavy (non-hydrogen) atoms. The number of carbonyl (C=O) groups excluding carboxylic acids is 1. The molecule has 0 saturated carbocycles. The molecule has 120 valence electrons. The molecule has 0 spiro atoms. The van der Waals surface area contributed by atoms with Crippen molar-refractivity contribution in [3.05, 3.63) is 18.0 Å². The van der Waals surface area contributed by atoms with Crippen LogP contribution in [0.15, 0.2) is 17.2 Å². The van der Waals surface area contributed by atoms with Crippen LogP contribution in [0.2, 0.25) is 0 Å². The molecule has 1 rings (SSSR count). The molecule has 2 N–H and O–H groups in total. The van der Waals surface area contributed by atoms with Gasteiger partial charge >= 0.3 is 5.97 Å². The largest absolute Gasteiger partial charge is 0.458 e. The molecule has 1 aromatic rings. The van der Waals surface area contributed by atoms with Gasteiger partial charge in [-0.3, -0.25) is 0 Å². The zero-order valence-corrected chi connectivity index (χ0v) is 13.8. The van der Waals surface area contributed by atoms with Crippen LogP contribution in [-0.2, 0) is 21.3 Å². The van der Waals surface area contributed by atoms with E-state index < -0.39 is 16.0 Å². The molecule has 6 nitrogen and oxygen atoms in total. The molecule has 0 amide bonds. The second-order valence-electron chi connectivity index (χ2n) is 5.64. The first-order chi connectivity index (χ1) is 9.65. The van der Waals surface area contributed by atoms with Crippen LogP contribution in [0.3, 0.4) is 0 Å². The van der Waals surface area contributed by atoms with Crippen molar-refractivity contribution >= 4 is 16.0 Å². The van der Waals surface area contributed by atoms with Crippen molar-refractivity contribution in [2.24, 2.45) is 11.1 Å². The number of hydrogen-bond donors (Lipinski definition) is 1. The number of hydrogen-bond acceptors (Lipinski definition) is 4. The van der Waals surface area contributed by atoms with E-state index >= 15 is 0 Å². The number of rotatable bonds is 7. The van der Waals surface area contributed by atoms with Gasteiger partial charge in [-0.1, -0.05) is 20.8 Å². The van der Waals surface area contributed by atoms with Crippen LogP contribution in [-0.4, -0.2) is 25.1 Å². The number of sulfonamides is 1. The Morgan fingerprint density at radius 1 is 1.38 bits per heavy atom. The highest BCUT2D eigenvalue weighted by Gasteiger charge is 2.21. The fourth-order valence-electron chi connectivity index (χ4n) is 2.19. The first kappa shape index (κ1) is 17.7. The molecule has 0 aromatic carbocycles. The molecule has 1 heterocycles. The van der Waals surface area contributed by atoms with Gasteiger partial charge in [0.05, 0.1) is 6.10 Å². The van der Waals surface area contributed by atoms with Crippen molar-refractivity contribution in [2.45, 2.75) is 58.1 Å². The maximum Gasteiger partial charge on any atom is 0.355 e. The third kappa shape index (κ3) is 5.17. The van der Waals surface area contributed by atoms with Gasteiger partial charge in [-0.2, -0.15) is 0 Å². The summed E-state index contributed by atoms with van der Waals surface area (Å²) in [5.41, 5.74) is 0.219. The molecular formula is C14H24N2O4S. The van der Waals surface area contributed by atoms with Crippen molar-refractivity contribution in [3.8, 4) is 0 Å². The molecule has 1 unspecified atom stereocenters. The lowest BCUT2D eigenvalue weighted by Gasteiger charge is -2.16. The van der Waals surface area contributed by atoms with Gasteiger partial charge in [0.1, 0.15) is 10.6 Å². The Bertz CT molecular complexity index is 590. The van der Waals surface area contributed by atoms with Crippen LogP contribution in [0.1, 0.15) is 51.0 Å². The first-order valence-corrected chi connectivity index (χ1v) is 8.63.